The van der Waals surface area contributed by atoms with E-state index < -0.39 is 5.82 Å². The van der Waals surface area contributed by atoms with E-state index in [0.717, 1.165) is 5.69 Å². The number of benzene rings is 1. The van der Waals surface area contributed by atoms with Crippen LogP contribution in [0.2, 0.25) is 0 Å². The highest BCUT2D eigenvalue weighted by Crippen LogP contribution is 2.35. The van der Waals surface area contributed by atoms with Crippen molar-refractivity contribution >= 4 is 46.0 Å². The summed E-state index contributed by atoms with van der Waals surface area (Å²) >= 11 is 6.42. The van der Waals surface area contributed by atoms with Crippen LogP contribution in [0.1, 0.15) is 5.69 Å². The number of amides is 1. The number of H-pyrrole nitrogens is 1. The number of aromatic nitrogens is 1. The van der Waals surface area contributed by atoms with Gasteiger partial charge in [0.15, 0.2) is 4.32 Å². The zero-order valence-corrected chi connectivity index (χ0v) is 11.8. The SMILES string of the molecule is O=C1C(=Cc2ccc[nH]2)SC(=S)N1c1cccc(F)c1. The van der Waals surface area contributed by atoms with Gasteiger partial charge in [0.25, 0.3) is 5.91 Å². The Morgan fingerprint density at radius 2 is 2.15 bits per heavy atom. The van der Waals surface area contributed by atoms with Gasteiger partial charge in [-0.1, -0.05) is 30.0 Å². The Labute approximate surface area is 124 Å². The van der Waals surface area contributed by atoms with Crippen molar-refractivity contribution in [2.45, 2.75) is 0 Å². The summed E-state index contributed by atoms with van der Waals surface area (Å²) < 4.78 is 13.7. The van der Waals surface area contributed by atoms with E-state index in [-0.39, 0.29) is 5.91 Å². The molecule has 1 saturated heterocycles. The van der Waals surface area contributed by atoms with Gasteiger partial charge >= 0.3 is 0 Å². The summed E-state index contributed by atoms with van der Waals surface area (Å²) in [6, 6.07) is 9.54. The van der Waals surface area contributed by atoms with Gasteiger partial charge in [-0.3, -0.25) is 9.69 Å². The van der Waals surface area contributed by atoms with Crippen molar-refractivity contribution in [1.82, 2.24) is 4.98 Å². The molecule has 1 aromatic heterocycles. The molecule has 0 saturated carbocycles. The molecule has 0 atom stereocenters. The van der Waals surface area contributed by atoms with E-state index in [1.54, 1.807) is 24.4 Å². The molecule has 20 heavy (non-hydrogen) atoms. The molecule has 2 aromatic rings. The second-order valence-corrected chi connectivity index (χ2v) is 5.80. The minimum absolute atomic E-state index is 0.236. The van der Waals surface area contributed by atoms with E-state index in [0.29, 0.717) is 14.9 Å². The van der Waals surface area contributed by atoms with E-state index in [4.69, 9.17) is 12.2 Å². The lowest BCUT2D eigenvalue weighted by Gasteiger charge is -2.14. The number of rotatable bonds is 2. The topological polar surface area (TPSA) is 36.1 Å². The first-order chi connectivity index (χ1) is 9.65. The Kier molecular flexibility index (Phi) is 3.42. The maximum absolute atomic E-state index is 13.3. The van der Waals surface area contributed by atoms with Crippen LogP contribution in [0.25, 0.3) is 6.08 Å². The fourth-order valence-electron chi connectivity index (χ4n) is 1.88. The average Bonchev–Trinajstić information content (AvgIpc) is 2.99. The predicted molar refractivity (Wildman–Crippen MR) is 82.8 cm³/mol. The molecule has 1 fully saturated rings. The Morgan fingerprint density at radius 1 is 1.30 bits per heavy atom. The minimum atomic E-state index is -0.398. The average molecular weight is 304 g/mol. The molecule has 0 spiro atoms. The number of nitrogens with zero attached hydrogens (tertiary/aromatic N) is 1. The first kappa shape index (κ1) is 13.1. The number of aromatic amines is 1. The van der Waals surface area contributed by atoms with Crippen molar-refractivity contribution in [3.8, 4) is 0 Å². The lowest BCUT2D eigenvalue weighted by Crippen LogP contribution is -2.27. The van der Waals surface area contributed by atoms with Crippen molar-refractivity contribution in [1.29, 1.82) is 0 Å². The predicted octanol–water partition coefficient (Wildman–Crippen LogP) is 3.56. The van der Waals surface area contributed by atoms with Gasteiger partial charge in [-0.25, -0.2) is 4.39 Å². The summed E-state index contributed by atoms with van der Waals surface area (Å²) in [5.41, 5.74) is 1.27. The molecule has 100 valence electrons. The van der Waals surface area contributed by atoms with Crippen LogP contribution in [0.5, 0.6) is 0 Å². The number of nitrogens with one attached hydrogen (secondary N) is 1. The van der Waals surface area contributed by atoms with Crippen LogP contribution in [0.15, 0.2) is 47.5 Å². The molecular formula is C14H9FN2OS2. The summed E-state index contributed by atoms with van der Waals surface area (Å²) in [6.45, 7) is 0. The van der Waals surface area contributed by atoms with Crippen molar-refractivity contribution < 1.29 is 9.18 Å². The number of carbonyl (C=O) groups excluding carboxylic acids is 1. The van der Waals surface area contributed by atoms with Gasteiger partial charge in [-0.2, -0.15) is 0 Å². The molecule has 1 aliphatic heterocycles. The van der Waals surface area contributed by atoms with Gasteiger partial charge in [0.2, 0.25) is 0 Å². The molecular weight excluding hydrogens is 295 g/mol. The zero-order valence-electron chi connectivity index (χ0n) is 10.2. The number of anilines is 1. The Morgan fingerprint density at radius 3 is 2.85 bits per heavy atom. The maximum atomic E-state index is 13.3. The molecule has 2 heterocycles. The lowest BCUT2D eigenvalue weighted by molar-refractivity contribution is -0.113. The molecule has 6 heteroatoms. The van der Waals surface area contributed by atoms with Crippen molar-refractivity contribution in [3.63, 3.8) is 0 Å². The van der Waals surface area contributed by atoms with Gasteiger partial charge in [-0.15, -0.1) is 0 Å². The highest BCUT2D eigenvalue weighted by atomic mass is 32.2. The Balaban J connectivity index is 1.95. The fraction of sp³-hybridized carbons (Fsp3) is 0. The standard InChI is InChI=1S/C14H9FN2OS2/c15-9-3-1-5-11(7-9)17-13(18)12(20-14(17)19)8-10-4-2-6-16-10/h1-8,16H. The Hall–Kier alpha value is -1.92. The largest absolute Gasteiger partial charge is 0.362 e. The molecule has 0 unspecified atom stereocenters. The monoisotopic (exact) mass is 304 g/mol. The molecule has 1 amide bonds. The Bertz CT molecular complexity index is 710. The molecule has 0 aliphatic carbocycles. The van der Waals surface area contributed by atoms with Gasteiger partial charge in [0.1, 0.15) is 5.82 Å². The normalized spacial score (nSPS) is 17.2. The van der Waals surface area contributed by atoms with Gasteiger partial charge in [0.05, 0.1) is 10.6 Å². The number of halogens is 1. The first-order valence-electron chi connectivity index (χ1n) is 5.82. The molecule has 3 nitrogen and oxygen atoms in total. The van der Waals surface area contributed by atoms with E-state index in [2.05, 4.69) is 4.98 Å². The summed E-state index contributed by atoms with van der Waals surface area (Å²) in [5.74, 6) is -0.634. The van der Waals surface area contributed by atoms with Gasteiger partial charge < -0.3 is 4.98 Å². The molecule has 1 aromatic carbocycles. The minimum Gasteiger partial charge on any atom is -0.362 e. The van der Waals surface area contributed by atoms with Crippen LogP contribution in [0, 0.1) is 5.82 Å². The smallest absolute Gasteiger partial charge is 0.270 e. The molecule has 1 aliphatic rings. The number of hydrogen-bond donors (Lipinski definition) is 1. The summed E-state index contributed by atoms with van der Waals surface area (Å²) in [4.78, 5) is 17.2. The number of carbonyl (C=O) groups is 1. The highest BCUT2D eigenvalue weighted by molar-refractivity contribution is 8.27. The molecule has 0 radical (unpaired) electrons. The molecule has 3 rings (SSSR count). The lowest BCUT2D eigenvalue weighted by atomic mass is 10.2. The van der Waals surface area contributed by atoms with E-state index >= 15 is 0 Å². The zero-order chi connectivity index (χ0) is 14.1. The first-order valence-corrected chi connectivity index (χ1v) is 7.04. The third kappa shape index (κ3) is 2.39. The molecule has 0 bridgehead atoms. The maximum Gasteiger partial charge on any atom is 0.270 e. The summed E-state index contributed by atoms with van der Waals surface area (Å²) in [6.07, 6.45) is 3.51. The van der Waals surface area contributed by atoms with Crippen LogP contribution < -0.4 is 4.90 Å². The van der Waals surface area contributed by atoms with E-state index in [9.17, 15) is 9.18 Å². The molecule has 1 N–H and O–H groups in total. The quantitative estimate of drug-likeness (QED) is 0.681. The number of thioether (sulfide) groups is 1. The third-order valence-electron chi connectivity index (χ3n) is 2.77. The van der Waals surface area contributed by atoms with E-state index in [1.165, 1.54) is 28.8 Å². The number of thiocarbonyl (C=S) groups is 1. The number of hydrogen-bond acceptors (Lipinski definition) is 3. The van der Waals surface area contributed by atoms with Crippen LogP contribution in [0.3, 0.4) is 0 Å². The van der Waals surface area contributed by atoms with Crippen molar-refractivity contribution in [2.75, 3.05) is 4.90 Å². The highest BCUT2D eigenvalue weighted by Gasteiger charge is 2.33. The summed E-state index contributed by atoms with van der Waals surface area (Å²) in [5, 5.41) is 0. The van der Waals surface area contributed by atoms with Gasteiger partial charge in [-0.05, 0) is 36.4 Å². The van der Waals surface area contributed by atoms with Gasteiger partial charge in [0, 0.05) is 11.9 Å². The summed E-state index contributed by atoms with van der Waals surface area (Å²) in [7, 11) is 0. The second-order valence-electron chi connectivity index (χ2n) is 4.12. The van der Waals surface area contributed by atoms with Crippen LogP contribution in [0.4, 0.5) is 10.1 Å². The van der Waals surface area contributed by atoms with Crippen molar-refractivity contribution in [2.24, 2.45) is 0 Å². The fourth-order valence-corrected chi connectivity index (χ4v) is 3.17. The second kappa shape index (κ2) is 5.22. The third-order valence-corrected chi connectivity index (χ3v) is 4.07. The van der Waals surface area contributed by atoms with Crippen molar-refractivity contribution in [3.05, 3.63) is 59.0 Å². The van der Waals surface area contributed by atoms with E-state index in [1.807, 2.05) is 12.1 Å². The van der Waals surface area contributed by atoms with Crippen LogP contribution in [-0.2, 0) is 4.79 Å². The van der Waals surface area contributed by atoms with Crippen LogP contribution >= 0.6 is 24.0 Å². The van der Waals surface area contributed by atoms with Crippen LogP contribution in [-0.4, -0.2) is 15.2 Å².